The number of ether oxygens (including phenoxy) is 1. The minimum Gasteiger partial charge on any atom is -0.448 e. The zero-order chi connectivity index (χ0) is 16.3. The van der Waals surface area contributed by atoms with Crippen LogP contribution in [0.2, 0.25) is 0 Å². The normalized spacial score (nSPS) is 12.4. The van der Waals surface area contributed by atoms with Gasteiger partial charge >= 0.3 is 5.97 Å². The molecule has 22 heavy (non-hydrogen) atoms. The molecule has 2 rings (SSSR count). The topological polar surface area (TPSA) is 55.4 Å². The molecule has 0 aliphatic carbocycles. The highest BCUT2D eigenvalue weighted by atomic mass is 32.1. The summed E-state index contributed by atoms with van der Waals surface area (Å²) in [5, 5.41) is 3.09. The van der Waals surface area contributed by atoms with Crippen molar-refractivity contribution >= 4 is 33.3 Å². The number of amides is 1. The quantitative estimate of drug-likeness (QED) is 0.859. The third kappa shape index (κ3) is 3.82. The van der Waals surface area contributed by atoms with Gasteiger partial charge in [-0.1, -0.05) is 19.9 Å². The zero-order valence-corrected chi connectivity index (χ0v) is 13.5. The number of carbonyl (C=O) groups is 2. The molecule has 1 heterocycles. The summed E-state index contributed by atoms with van der Waals surface area (Å²) >= 11 is 1.15. The van der Waals surface area contributed by atoms with E-state index in [0.29, 0.717) is 22.5 Å². The van der Waals surface area contributed by atoms with Crippen molar-refractivity contribution in [3.63, 3.8) is 0 Å². The highest BCUT2D eigenvalue weighted by molar-refractivity contribution is 7.20. The number of hydrogen-bond donors (Lipinski definition) is 1. The van der Waals surface area contributed by atoms with Gasteiger partial charge in [0.15, 0.2) is 6.10 Å². The molecule has 1 aromatic heterocycles. The van der Waals surface area contributed by atoms with Crippen molar-refractivity contribution in [2.45, 2.75) is 26.9 Å². The Morgan fingerprint density at radius 1 is 1.32 bits per heavy atom. The Morgan fingerprint density at radius 3 is 2.68 bits per heavy atom. The van der Waals surface area contributed by atoms with Gasteiger partial charge in [-0.3, -0.25) is 4.79 Å². The fourth-order valence-electron chi connectivity index (χ4n) is 1.85. The van der Waals surface area contributed by atoms with E-state index >= 15 is 0 Å². The van der Waals surface area contributed by atoms with Gasteiger partial charge in [0.25, 0.3) is 5.91 Å². The molecule has 2 aromatic rings. The molecule has 1 amide bonds. The highest BCUT2D eigenvalue weighted by Gasteiger charge is 2.20. The average molecular weight is 323 g/mol. The summed E-state index contributed by atoms with van der Waals surface area (Å²) in [7, 11) is 0. The van der Waals surface area contributed by atoms with Gasteiger partial charge < -0.3 is 10.1 Å². The van der Waals surface area contributed by atoms with E-state index in [0.717, 1.165) is 11.3 Å². The molecule has 0 saturated heterocycles. The van der Waals surface area contributed by atoms with E-state index in [2.05, 4.69) is 5.32 Å². The molecule has 118 valence electrons. The van der Waals surface area contributed by atoms with Crippen molar-refractivity contribution in [1.29, 1.82) is 0 Å². The van der Waals surface area contributed by atoms with E-state index in [1.807, 2.05) is 13.8 Å². The molecule has 0 radical (unpaired) electrons. The van der Waals surface area contributed by atoms with Gasteiger partial charge in [-0.2, -0.15) is 0 Å². The van der Waals surface area contributed by atoms with E-state index in [-0.39, 0.29) is 16.6 Å². The van der Waals surface area contributed by atoms with E-state index in [9.17, 15) is 14.0 Å². The molecule has 0 aliphatic rings. The SMILES string of the molecule is CC(C)CNC(=O)[C@@H](C)OC(=O)c1cc2c(F)cccc2s1. The number of benzene rings is 1. The van der Waals surface area contributed by atoms with Gasteiger partial charge in [0.1, 0.15) is 10.7 Å². The molecule has 4 nitrogen and oxygen atoms in total. The number of hydrogen-bond acceptors (Lipinski definition) is 4. The Morgan fingerprint density at radius 2 is 2.05 bits per heavy atom. The van der Waals surface area contributed by atoms with Gasteiger partial charge in [0.2, 0.25) is 0 Å². The predicted octanol–water partition coefficient (Wildman–Crippen LogP) is 3.36. The number of rotatable bonds is 5. The molecule has 0 saturated carbocycles. The molecule has 1 N–H and O–H groups in total. The fraction of sp³-hybridized carbons (Fsp3) is 0.375. The van der Waals surface area contributed by atoms with Crippen LogP contribution in [0.5, 0.6) is 0 Å². The van der Waals surface area contributed by atoms with Crippen molar-refractivity contribution in [2.24, 2.45) is 5.92 Å². The molecule has 1 atom stereocenters. The standard InChI is InChI=1S/C16H18FNO3S/c1-9(2)8-18-15(19)10(3)21-16(20)14-7-11-12(17)5-4-6-13(11)22-14/h4-7,9-10H,8H2,1-3H3,(H,18,19)/t10-/m1/s1. The summed E-state index contributed by atoms with van der Waals surface area (Å²) in [6.45, 7) is 5.99. The number of esters is 1. The van der Waals surface area contributed by atoms with Gasteiger partial charge in [0, 0.05) is 16.6 Å². The molecule has 0 spiro atoms. The third-order valence-corrected chi connectivity index (χ3v) is 4.13. The van der Waals surface area contributed by atoms with Crippen molar-refractivity contribution < 1.29 is 18.7 Å². The van der Waals surface area contributed by atoms with Crippen LogP contribution in [0.15, 0.2) is 24.3 Å². The van der Waals surface area contributed by atoms with Crippen LogP contribution in [-0.2, 0) is 9.53 Å². The molecular formula is C16H18FNO3S. The van der Waals surface area contributed by atoms with Gasteiger partial charge in [-0.05, 0) is 31.0 Å². The second kappa shape index (κ2) is 6.87. The Kier molecular flexibility index (Phi) is 5.13. The smallest absolute Gasteiger partial charge is 0.349 e. The van der Waals surface area contributed by atoms with Crippen LogP contribution in [0.25, 0.3) is 10.1 Å². The van der Waals surface area contributed by atoms with E-state index in [1.165, 1.54) is 19.1 Å². The minimum atomic E-state index is -0.888. The van der Waals surface area contributed by atoms with Crippen LogP contribution in [0.1, 0.15) is 30.4 Å². The fourth-order valence-corrected chi connectivity index (χ4v) is 2.80. The lowest BCUT2D eigenvalue weighted by Crippen LogP contribution is -2.37. The van der Waals surface area contributed by atoms with Gasteiger partial charge in [0.05, 0.1) is 0 Å². The summed E-state index contributed by atoms with van der Waals surface area (Å²) in [5.74, 6) is -1.02. The van der Waals surface area contributed by atoms with Crippen LogP contribution in [0, 0.1) is 11.7 Å². The first-order chi connectivity index (χ1) is 10.4. The molecular weight excluding hydrogens is 305 g/mol. The lowest BCUT2D eigenvalue weighted by atomic mass is 10.2. The predicted molar refractivity (Wildman–Crippen MR) is 84.5 cm³/mol. The van der Waals surface area contributed by atoms with Gasteiger partial charge in [-0.15, -0.1) is 11.3 Å². The number of carbonyl (C=O) groups excluding carboxylic acids is 2. The van der Waals surface area contributed by atoms with Crippen molar-refractivity contribution in [3.8, 4) is 0 Å². The highest BCUT2D eigenvalue weighted by Crippen LogP contribution is 2.28. The molecule has 0 bridgehead atoms. The summed E-state index contributed by atoms with van der Waals surface area (Å²) in [6.07, 6.45) is -0.888. The van der Waals surface area contributed by atoms with Crippen LogP contribution < -0.4 is 5.32 Å². The largest absolute Gasteiger partial charge is 0.448 e. The summed E-state index contributed by atoms with van der Waals surface area (Å²) < 4.78 is 19.4. The zero-order valence-electron chi connectivity index (χ0n) is 12.7. The second-order valence-electron chi connectivity index (χ2n) is 5.45. The molecule has 1 aromatic carbocycles. The van der Waals surface area contributed by atoms with Crippen LogP contribution in [0.3, 0.4) is 0 Å². The van der Waals surface area contributed by atoms with E-state index in [1.54, 1.807) is 12.1 Å². The Bertz CT molecular complexity index is 696. The summed E-state index contributed by atoms with van der Waals surface area (Å²) in [5.41, 5.74) is 0. The maximum atomic E-state index is 13.6. The molecule has 0 unspecified atom stereocenters. The van der Waals surface area contributed by atoms with Crippen LogP contribution in [-0.4, -0.2) is 24.5 Å². The van der Waals surface area contributed by atoms with E-state index < -0.39 is 12.1 Å². The first-order valence-corrected chi connectivity index (χ1v) is 7.87. The van der Waals surface area contributed by atoms with Crippen molar-refractivity contribution in [2.75, 3.05) is 6.54 Å². The monoisotopic (exact) mass is 323 g/mol. The maximum absolute atomic E-state index is 13.6. The minimum absolute atomic E-state index is 0.281. The number of nitrogens with one attached hydrogen (secondary N) is 1. The third-order valence-electron chi connectivity index (χ3n) is 3.05. The second-order valence-corrected chi connectivity index (χ2v) is 6.53. The Balaban J connectivity index is 2.04. The number of fused-ring (bicyclic) bond motifs is 1. The lowest BCUT2D eigenvalue weighted by Gasteiger charge is -2.13. The number of thiophene rings is 1. The first-order valence-electron chi connectivity index (χ1n) is 7.05. The molecule has 6 heteroatoms. The lowest BCUT2D eigenvalue weighted by molar-refractivity contribution is -0.129. The first kappa shape index (κ1) is 16.4. The Hall–Kier alpha value is -1.95. The van der Waals surface area contributed by atoms with Crippen LogP contribution >= 0.6 is 11.3 Å². The summed E-state index contributed by atoms with van der Waals surface area (Å²) in [6, 6.07) is 6.12. The molecule has 0 fully saturated rings. The molecule has 0 aliphatic heterocycles. The Labute approximate surface area is 132 Å². The van der Waals surface area contributed by atoms with Crippen LogP contribution in [0.4, 0.5) is 4.39 Å². The van der Waals surface area contributed by atoms with Crippen molar-refractivity contribution in [3.05, 3.63) is 35.0 Å². The average Bonchev–Trinajstić information content (AvgIpc) is 2.90. The summed E-state index contributed by atoms with van der Waals surface area (Å²) in [4.78, 5) is 24.1. The van der Waals surface area contributed by atoms with E-state index in [4.69, 9.17) is 4.74 Å². The van der Waals surface area contributed by atoms with Gasteiger partial charge in [-0.25, -0.2) is 9.18 Å². The number of halogens is 1. The van der Waals surface area contributed by atoms with Crippen molar-refractivity contribution in [1.82, 2.24) is 5.32 Å². The maximum Gasteiger partial charge on any atom is 0.349 e.